The number of ether oxygens (including phenoxy) is 1. The molecule has 4 atom stereocenters. The first-order valence-corrected chi connectivity index (χ1v) is 12.9. The Labute approximate surface area is 205 Å². The van der Waals surface area contributed by atoms with Crippen molar-refractivity contribution in [2.24, 2.45) is 0 Å². The van der Waals surface area contributed by atoms with Crippen LogP contribution in [0.3, 0.4) is 0 Å². The molecule has 1 aliphatic heterocycles. The number of nitrogens with one attached hydrogen (secondary N) is 2. The lowest BCUT2D eigenvalue weighted by Crippen LogP contribution is -2.50. The first kappa shape index (κ1) is 24.4. The topological polar surface area (TPSA) is 96.7 Å². The SMILES string of the molecule is CCOC(=O)C1(NC)C2SC(CNc3ccc(CCc4ccc(N)cc4)cc3)C(=O)N(CC)C21. The van der Waals surface area contributed by atoms with Gasteiger partial charge in [0.05, 0.1) is 17.9 Å². The van der Waals surface area contributed by atoms with Crippen molar-refractivity contribution >= 4 is 35.0 Å². The van der Waals surface area contributed by atoms with Gasteiger partial charge in [0.2, 0.25) is 5.91 Å². The van der Waals surface area contributed by atoms with E-state index in [0.29, 0.717) is 19.7 Å². The van der Waals surface area contributed by atoms with E-state index in [-0.39, 0.29) is 28.4 Å². The van der Waals surface area contributed by atoms with Gasteiger partial charge in [0.25, 0.3) is 0 Å². The predicted octanol–water partition coefficient (Wildman–Crippen LogP) is 2.70. The maximum atomic E-state index is 13.2. The number of nitrogens with two attached hydrogens (primary N) is 1. The summed E-state index contributed by atoms with van der Waals surface area (Å²) in [6, 6.07) is 16.2. The van der Waals surface area contributed by atoms with E-state index in [4.69, 9.17) is 10.5 Å². The molecule has 2 aromatic rings. The number of thioether (sulfide) groups is 1. The fourth-order valence-corrected chi connectivity index (χ4v) is 6.61. The summed E-state index contributed by atoms with van der Waals surface area (Å²) in [5.74, 6) is -0.197. The summed E-state index contributed by atoms with van der Waals surface area (Å²) < 4.78 is 5.34. The highest BCUT2D eigenvalue weighted by Crippen LogP contribution is 2.54. The maximum absolute atomic E-state index is 13.2. The summed E-state index contributed by atoms with van der Waals surface area (Å²) in [5.41, 5.74) is 9.24. The molecule has 1 saturated carbocycles. The molecule has 2 aromatic carbocycles. The number of benzene rings is 2. The first-order chi connectivity index (χ1) is 16.4. The highest BCUT2D eigenvalue weighted by atomic mass is 32.2. The fraction of sp³-hybridized carbons (Fsp3) is 0.462. The Morgan fingerprint density at radius 2 is 1.71 bits per heavy atom. The van der Waals surface area contributed by atoms with Crippen molar-refractivity contribution in [2.75, 3.05) is 37.8 Å². The first-order valence-electron chi connectivity index (χ1n) is 11.9. The minimum absolute atomic E-state index is 0.00304. The number of fused-ring (bicyclic) bond motifs is 1. The van der Waals surface area contributed by atoms with Crippen LogP contribution in [0.25, 0.3) is 0 Å². The molecule has 0 radical (unpaired) electrons. The van der Waals surface area contributed by atoms with Crippen molar-refractivity contribution in [3.63, 3.8) is 0 Å². The van der Waals surface area contributed by atoms with Crippen LogP contribution in [0.1, 0.15) is 25.0 Å². The Balaban J connectivity index is 1.34. The highest BCUT2D eigenvalue weighted by molar-refractivity contribution is 8.01. The number of nitrogen functional groups attached to an aromatic ring is 1. The number of hydrogen-bond acceptors (Lipinski definition) is 7. The molecule has 2 fully saturated rings. The number of esters is 1. The van der Waals surface area contributed by atoms with E-state index in [1.54, 1.807) is 25.7 Å². The highest BCUT2D eigenvalue weighted by Gasteiger charge is 2.76. The summed E-state index contributed by atoms with van der Waals surface area (Å²) in [5, 5.41) is 6.34. The molecule has 0 spiro atoms. The molecular weight excluding hydrogens is 448 g/mol. The lowest BCUT2D eigenvalue weighted by molar-refractivity contribution is -0.147. The number of hydrogen-bond donors (Lipinski definition) is 3. The zero-order valence-electron chi connectivity index (χ0n) is 20.0. The smallest absolute Gasteiger partial charge is 0.329 e. The molecular formula is C26H34N4O3S. The van der Waals surface area contributed by atoms with E-state index >= 15 is 0 Å². The Morgan fingerprint density at radius 3 is 2.26 bits per heavy atom. The van der Waals surface area contributed by atoms with Gasteiger partial charge in [-0.25, -0.2) is 4.79 Å². The molecule has 182 valence electrons. The van der Waals surface area contributed by atoms with E-state index in [1.165, 1.54) is 11.1 Å². The van der Waals surface area contributed by atoms with Crippen LogP contribution in [0.5, 0.6) is 0 Å². The minimum atomic E-state index is -0.812. The molecule has 2 aliphatic rings. The quantitative estimate of drug-likeness (QED) is 0.354. The third-order valence-corrected chi connectivity index (χ3v) is 8.41. The molecule has 1 heterocycles. The van der Waals surface area contributed by atoms with Crippen molar-refractivity contribution in [1.82, 2.24) is 10.2 Å². The van der Waals surface area contributed by atoms with Crippen LogP contribution in [0.2, 0.25) is 0 Å². The van der Waals surface area contributed by atoms with Gasteiger partial charge in [-0.1, -0.05) is 24.3 Å². The van der Waals surface area contributed by atoms with Crippen LogP contribution >= 0.6 is 11.8 Å². The molecule has 0 bridgehead atoms. The summed E-state index contributed by atoms with van der Waals surface area (Å²) in [4.78, 5) is 27.7. The van der Waals surface area contributed by atoms with Gasteiger partial charge < -0.3 is 26.0 Å². The standard InChI is InChI=1S/C26H34N4O3S/c1-4-30-22-23(26(22,28-3)25(32)33-5-2)34-21(24(30)31)16-29-20-14-10-18(11-15-20)7-6-17-8-12-19(27)13-9-17/h8-15,21-23,28-29H,4-7,16,27H2,1-3H3. The number of carbonyl (C=O) groups excluding carboxylic acids is 2. The number of nitrogens with zero attached hydrogens (tertiary/aromatic N) is 1. The summed E-state index contributed by atoms with van der Waals surface area (Å²) in [6.45, 7) is 5.17. The number of carbonyl (C=O) groups is 2. The van der Waals surface area contributed by atoms with Crippen molar-refractivity contribution in [3.8, 4) is 0 Å². The van der Waals surface area contributed by atoms with Gasteiger partial charge in [0.1, 0.15) is 5.25 Å². The van der Waals surface area contributed by atoms with E-state index < -0.39 is 5.54 Å². The van der Waals surface area contributed by atoms with Crippen LogP contribution < -0.4 is 16.4 Å². The molecule has 7 nitrogen and oxygen atoms in total. The zero-order chi connectivity index (χ0) is 24.3. The lowest BCUT2D eigenvalue weighted by atomic mass is 10.0. The Morgan fingerprint density at radius 1 is 1.09 bits per heavy atom. The number of anilines is 2. The molecule has 1 aliphatic carbocycles. The van der Waals surface area contributed by atoms with Gasteiger partial charge >= 0.3 is 5.97 Å². The van der Waals surface area contributed by atoms with Crippen LogP contribution in [0.4, 0.5) is 11.4 Å². The summed E-state index contributed by atoms with van der Waals surface area (Å²) in [6.07, 6.45) is 1.92. The Bertz CT molecular complexity index is 1010. The van der Waals surface area contributed by atoms with Crippen LogP contribution in [0.15, 0.2) is 48.5 Å². The normalized spacial score (nSPS) is 25.6. The third kappa shape index (κ3) is 4.61. The average molecular weight is 483 g/mol. The molecule has 0 aromatic heterocycles. The van der Waals surface area contributed by atoms with Crippen molar-refractivity contribution in [1.29, 1.82) is 0 Å². The second-order valence-corrected chi connectivity index (χ2v) is 10.1. The average Bonchev–Trinajstić information content (AvgIpc) is 3.51. The van der Waals surface area contributed by atoms with E-state index in [0.717, 1.165) is 24.2 Å². The van der Waals surface area contributed by atoms with E-state index in [2.05, 4.69) is 47.0 Å². The monoisotopic (exact) mass is 482 g/mol. The lowest BCUT2D eigenvalue weighted by Gasteiger charge is -2.30. The van der Waals surface area contributed by atoms with Crippen LogP contribution in [0, 0.1) is 0 Å². The Kier molecular flexibility index (Phi) is 7.38. The Hall–Kier alpha value is -2.71. The van der Waals surface area contributed by atoms with Crippen LogP contribution in [-0.2, 0) is 27.2 Å². The second kappa shape index (κ2) is 10.3. The third-order valence-electron chi connectivity index (χ3n) is 6.79. The molecule has 8 heteroatoms. The van der Waals surface area contributed by atoms with Crippen LogP contribution in [-0.4, -0.2) is 65.6 Å². The molecule has 4 rings (SSSR count). The largest absolute Gasteiger partial charge is 0.465 e. The molecule has 4 N–H and O–H groups in total. The van der Waals surface area contributed by atoms with Gasteiger partial charge in [-0.3, -0.25) is 4.79 Å². The number of rotatable bonds is 10. The molecule has 1 amide bonds. The second-order valence-electron chi connectivity index (χ2n) is 8.77. The van der Waals surface area contributed by atoms with Crippen molar-refractivity contribution < 1.29 is 14.3 Å². The summed E-state index contributed by atoms with van der Waals surface area (Å²) in [7, 11) is 1.77. The molecule has 34 heavy (non-hydrogen) atoms. The summed E-state index contributed by atoms with van der Waals surface area (Å²) >= 11 is 1.58. The van der Waals surface area contributed by atoms with Gasteiger partial charge in [-0.15, -0.1) is 11.8 Å². The van der Waals surface area contributed by atoms with Crippen molar-refractivity contribution in [3.05, 3.63) is 59.7 Å². The predicted molar refractivity (Wildman–Crippen MR) is 138 cm³/mol. The van der Waals surface area contributed by atoms with Gasteiger partial charge in [0.15, 0.2) is 5.54 Å². The van der Waals surface area contributed by atoms with Gasteiger partial charge in [0, 0.05) is 24.5 Å². The molecule has 1 saturated heterocycles. The van der Waals surface area contributed by atoms with Gasteiger partial charge in [-0.2, -0.15) is 0 Å². The number of amides is 1. The zero-order valence-corrected chi connectivity index (χ0v) is 20.9. The van der Waals surface area contributed by atoms with Gasteiger partial charge in [-0.05, 0) is 69.1 Å². The number of aryl methyl sites for hydroxylation is 2. The fourth-order valence-electron chi connectivity index (χ4n) is 4.83. The van der Waals surface area contributed by atoms with E-state index in [9.17, 15) is 9.59 Å². The minimum Gasteiger partial charge on any atom is -0.465 e. The van der Waals surface area contributed by atoms with E-state index in [1.807, 2.05) is 24.0 Å². The number of likely N-dealkylation sites (N-methyl/N-ethyl adjacent to an activating group) is 2. The molecule has 4 unspecified atom stereocenters. The maximum Gasteiger partial charge on any atom is 0.329 e. The van der Waals surface area contributed by atoms with Crippen molar-refractivity contribution in [2.45, 2.75) is 48.8 Å².